The van der Waals surface area contributed by atoms with E-state index in [1.165, 1.54) is 24.3 Å². The van der Waals surface area contributed by atoms with Gasteiger partial charge in [-0.3, -0.25) is 8.92 Å². The number of benzene rings is 1. The van der Waals surface area contributed by atoms with E-state index in [2.05, 4.69) is 0 Å². The molecule has 0 aliphatic carbocycles. The molecule has 1 aromatic rings. The molecule has 0 spiro atoms. The van der Waals surface area contributed by atoms with E-state index in [-0.39, 0.29) is 11.3 Å². The van der Waals surface area contributed by atoms with E-state index in [9.17, 15) is 4.79 Å². The van der Waals surface area contributed by atoms with Crippen molar-refractivity contribution in [3.63, 3.8) is 0 Å². The van der Waals surface area contributed by atoms with E-state index in [1.54, 1.807) is 0 Å². The van der Waals surface area contributed by atoms with Gasteiger partial charge in [-0.2, -0.15) is 0 Å². The van der Waals surface area contributed by atoms with Gasteiger partial charge < -0.3 is 10.2 Å². The van der Waals surface area contributed by atoms with Gasteiger partial charge in [0.1, 0.15) is 5.75 Å². The van der Waals surface area contributed by atoms with E-state index in [0.717, 1.165) is 0 Å². The second-order valence-electron chi connectivity index (χ2n) is 1.94. The lowest BCUT2D eigenvalue weighted by atomic mass is 10.2. The van der Waals surface area contributed by atoms with Crippen LogP contribution in [0.4, 0.5) is 0 Å². The third kappa shape index (κ3) is 4.70. The molecule has 1 aromatic carbocycles. The first-order chi connectivity index (χ1) is 6.11. The number of carboxylic acid groups (broad SMARTS) is 1. The lowest BCUT2D eigenvalue weighted by Crippen LogP contribution is -1.93. The number of rotatable bonds is 1. The second-order valence-corrected chi connectivity index (χ2v) is 2.10. The summed E-state index contributed by atoms with van der Waals surface area (Å²) < 4.78 is 16.8. The van der Waals surface area contributed by atoms with Gasteiger partial charge in [-0.25, -0.2) is 4.79 Å². The summed E-state index contributed by atoms with van der Waals surface area (Å²) >= 11 is 0. The summed E-state index contributed by atoms with van der Waals surface area (Å²) in [6.45, 7) is 0. The predicted octanol–water partition coefficient (Wildman–Crippen LogP) is 0.472. The smallest absolute Gasteiger partial charge is 0.508 e. The molecule has 2 N–H and O–H groups in total. The van der Waals surface area contributed by atoms with Crippen LogP contribution < -0.4 is 0 Å². The van der Waals surface area contributed by atoms with Crippen LogP contribution in [0.5, 0.6) is 5.75 Å². The Morgan fingerprint density at radius 1 is 1.15 bits per heavy atom. The number of carbonyl (C=O) groups is 1. The number of hydrogen-bond acceptors (Lipinski definition) is 4. The van der Waals surface area contributed by atoms with E-state index >= 15 is 0 Å². The molecule has 5 nitrogen and oxygen atoms in total. The van der Waals surface area contributed by atoms with Crippen molar-refractivity contribution in [3.8, 4) is 5.75 Å². The van der Waals surface area contributed by atoms with E-state index in [4.69, 9.17) is 19.1 Å². The van der Waals surface area contributed by atoms with Crippen LogP contribution >= 0.6 is 0 Å². The molecule has 0 amide bonds. The van der Waals surface area contributed by atoms with Crippen LogP contribution in [0, 0.1) is 0 Å². The van der Waals surface area contributed by atoms with Gasteiger partial charge >= 0.3 is 15.3 Å². The maximum atomic E-state index is 10.2. The van der Waals surface area contributed by atoms with Crippen molar-refractivity contribution in [1.29, 1.82) is 0 Å². The van der Waals surface area contributed by atoms with Crippen molar-refractivity contribution in [2.75, 3.05) is 0 Å². The van der Waals surface area contributed by atoms with Crippen LogP contribution in [-0.2, 0) is 8.92 Å². The van der Waals surface area contributed by atoms with Crippen molar-refractivity contribution in [2.45, 2.75) is 0 Å². The predicted molar refractivity (Wildman–Crippen MR) is 42.2 cm³/mol. The van der Waals surface area contributed by atoms with Gasteiger partial charge in [-0.15, -0.1) is 0 Å². The van der Waals surface area contributed by atoms with E-state index < -0.39 is 15.3 Å². The molecular weight excluding hydrogens is 192 g/mol. The standard InChI is InChI=1S/C7H6O3.O2Si/c8-6-3-1-5(2-4-6)7(9)10;1-3-2/h1-4,8H,(H,9,10);. The Morgan fingerprint density at radius 2 is 1.54 bits per heavy atom. The summed E-state index contributed by atoms with van der Waals surface area (Å²) in [5.74, 6) is -0.912. The Labute approximate surface area is 75.6 Å². The molecule has 0 saturated heterocycles. The average molecular weight is 198 g/mol. The fraction of sp³-hybridized carbons (Fsp3) is 0. The van der Waals surface area contributed by atoms with Crippen LogP contribution in [-0.4, -0.2) is 25.5 Å². The van der Waals surface area contributed by atoms with Crippen molar-refractivity contribution in [2.24, 2.45) is 0 Å². The fourth-order valence-electron chi connectivity index (χ4n) is 0.604. The molecular formula is C7H6O5Si. The molecule has 0 atom stereocenters. The van der Waals surface area contributed by atoms with Gasteiger partial charge in [0.25, 0.3) is 0 Å². The van der Waals surface area contributed by atoms with Gasteiger partial charge in [0, 0.05) is 0 Å². The Morgan fingerprint density at radius 3 is 1.85 bits per heavy atom. The summed E-state index contributed by atoms with van der Waals surface area (Å²) in [7, 11) is -1.42. The van der Waals surface area contributed by atoms with Crippen molar-refractivity contribution in [3.05, 3.63) is 29.8 Å². The zero-order valence-corrected chi connectivity index (χ0v) is 7.43. The first-order valence-corrected chi connectivity index (χ1v) is 3.95. The monoisotopic (exact) mass is 198 g/mol. The SMILES string of the molecule is O=C(O)c1ccc(O)cc1.O=[Si]=O. The first kappa shape index (κ1) is 11.3. The van der Waals surface area contributed by atoms with Crippen LogP contribution in [0.15, 0.2) is 24.3 Å². The quantitative estimate of drug-likeness (QED) is 0.640. The minimum absolute atomic E-state index is 0.0741. The summed E-state index contributed by atoms with van der Waals surface area (Å²) in [5, 5.41) is 17.1. The highest BCUT2D eigenvalue weighted by molar-refractivity contribution is 5.94. The number of hydrogen-bond donors (Lipinski definition) is 2. The highest BCUT2D eigenvalue weighted by atomic mass is 28.2. The Hall–Kier alpha value is -1.69. The van der Waals surface area contributed by atoms with Crippen LogP contribution in [0.3, 0.4) is 0 Å². The number of aromatic carboxylic acids is 1. The fourth-order valence-corrected chi connectivity index (χ4v) is 0.604. The normalized spacial score (nSPS) is 7.69. The van der Waals surface area contributed by atoms with E-state index in [0.29, 0.717) is 0 Å². The van der Waals surface area contributed by atoms with E-state index in [1.807, 2.05) is 0 Å². The average Bonchev–Trinajstić information content (AvgIpc) is 2.06. The zero-order valence-electron chi connectivity index (χ0n) is 6.43. The summed E-state index contributed by atoms with van der Waals surface area (Å²) in [4.78, 5) is 10.2. The van der Waals surface area contributed by atoms with Crippen LogP contribution in [0.2, 0.25) is 0 Å². The Balaban J connectivity index is 0.000000424. The van der Waals surface area contributed by atoms with Crippen LogP contribution in [0.1, 0.15) is 10.4 Å². The molecule has 0 saturated carbocycles. The van der Waals surface area contributed by atoms with Gasteiger partial charge in [-0.1, -0.05) is 0 Å². The lowest BCUT2D eigenvalue weighted by Gasteiger charge is -1.92. The number of phenolic OH excluding ortho intramolecular Hbond substituents is 1. The van der Waals surface area contributed by atoms with Gasteiger partial charge in [0.2, 0.25) is 0 Å². The van der Waals surface area contributed by atoms with Crippen molar-refractivity contribution >= 4 is 15.3 Å². The topological polar surface area (TPSA) is 91.7 Å². The summed E-state index contributed by atoms with van der Waals surface area (Å²) in [6, 6.07) is 5.36. The number of carboxylic acids is 1. The summed E-state index contributed by atoms with van der Waals surface area (Å²) in [5.41, 5.74) is 0.179. The Bertz CT molecular complexity index is 312. The molecule has 0 heterocycles. The molecule has 0 aliphatic heterocycles. The van der Waals surface area contributed by atoms with Crippen molar-refractivity contribution < 1.29 is 23.9 Å². The number of aromatic hydroxyl groups is 1. The zero-order chi connectivity index (χ0) is 10.3. The second kappa shape index (κ2) is 5.89. The molecule has 13 heavy (non-hydrogen) atoms. The molecule has 68 valence electrons. The number of phenols is 1. The molecule has 0 aliphatic rings. The van der Waals surface area contributed by atoms with Crippen LogP contribution in [0.25, 0.3) is 0 Å². The van der Waals surface area contributed by atoms with Crippen molar-refractivity contribution in [1.82, 2.24) is 0 Å². The largest absolute Gasteiger partial charge is 0.549 e. The first-order valence-electron chi connectivity index (χ1n) is 3.13. The third-order valence-electron chi connectivity index (χ3n) is 1.11. The Kier molecular flexibility index (Phi) is 5.13. The highest BCUT2D eigenvalue weighted by Gasteiger charge is 1.99. The minimum Gasteiger partial charge on any atom is -0.508 e. The molecule has 6 heteroatoms. The maximum Gasteiger partial charge on any atom is 0.549 e. The summed E-state index contributed by atoms with van der Waals surface area (Å²) in [6.07, 6.45) is 0. The molecule has 0 fully saturated rings. The van der Waals surface area contributed by atoms with Gasteiger partial charge in [0.05, 0.1) is 5.56 Å². The third-order valence-corrected chi connectivity index (χ3v) is 1.11. The molecule has 0 unspecified atom stereocenters. The lowest BCUT2D eigenvalue weighted by molar-refractivity contribution is 0.0697. The van der Waals surface area contributed by atoms with Gasteiger partial charge in [-0.05, 0) is 24.3 Å². The molecule has 0 aromatic heterocycles. The molecule has 0 radical (unpaired) electrons. The van der Waals surface area contributed by atoms with Gasteiger partial charge in [0.15, 0.2) is 0 Å². The molecule has 0 bridgehead atoms. The maximum absolute atomic E-state index is 10.2. The minimum atomic E-state index is -1.42. The highest BCUT2D eigenvalue weighted by Crippen LogP contribution is 2.08. The molecule has 1 rings (SSSR count).